The van der Waals surface area contributed by atoms with E-state index in [0.717, 1.165) is 5.56 Å². The lowest BCUT2D eigenvalue weighted by molar-refractivity contribution is -0.384. The fourth-order valence-corrected chi connectivity index (χ4v) is 2.29. The molecule has 1 amide bonds. The first-order valence-electron chi connectivity index (χ1n) is 8.08. The Kier molecular flexibility index (Phi) is 5.75. The first-order valence-corrected chi connectivity index (χ1v) is 8.08. The van der Waals surface area contributed by atoms with Crippen molar-refractivity contribution in [3.63, 3.8) is 0 Å². The van der Waals surface area contributed by atoms with Crippen molar-refractivity contribution in [1.82, 2.24) is 0 Å². The van der Waals surface area contributed by atoms with E-state index < -0.39 is 10.8 Å². The van der Waals surface area contributed by atoms with Crippen molar-refractivity contribution in [2.75, 3.05) is 11.9 Å². The maximum atomic E-state index is 12.6. The van der Waals surface area contributed by atoms with Crippen LogP contribution >= 0.6 is 0 Å². The molecule has 0 saturated carbocycles. The zero-order valence-electron chi connectivity index (χ0n) is 14.8. The number of carbonyl (C=O) groups excluding carboxylic acids is 1. The standard InChI is InChI=1S/C19H22N2O4/c1-12(2)11-25-16-7-5-6-15(10-16)19(22)20-18-14(4)13(3)8-9-17(18)21(23)24/h5-10,12H,11H2,1-4H3,(H,20,22). The number of nitro benzene ring substituents is 1. The lowest BCUT2D eigenvalue weighted by atomic mass is 10.1. The molecule has 0 aliphatic carbocycles. The molecule has 0 aliphatic heterocycles. The third kappa shape index (κ3) is 4.56. The summed E-state index contributed by atoms with van der Waals surface area (Å²) in [6.07, 6.45) is 0. The monoisotopic (exact) mass is 342 g/mol. The van der Waals surface area contributed by atoms with Crippen LogP contribution in [0.3, 0.4) is 0 Å². The van der Waals surface area contributed by atoms with E-state index in [1.165, 1.54) is 6.07 Å². The number of aryl methyl sites for hydroxylation is 1. The van der Waals surface area contributed by atoms with E-state index in [-0.39, 0.29) is 11.4 Å². The van der Waals surface area contributed by atoms with Crippen LogP contribution in [0.4, 0.5) is 11.4 Å². The number of nitrogens with zero attached hydrogens (tertiary/aromatic N) is 1. The third-order valence-electron chi connectivity index (χ3n) is 3.83. The molecule has 0 atom stereocenters. The van der Waals surface area contributed by atoms with Gasteiger partial charge in [0.1, 0.15) is 11.4 Å². The fraction of sp³-hybridized carbons (Fsp3) is 0.316. The van der Waals surface area contributed by atoms with Gasteiger partial charge in [-0.2, -0.15) is 0 Å². The Morgan fingerprint density at radius 1 is 1.24 bits per heavy atom. The van der Waals surface area contributed by atoms with Gasteiger partial charge in [0.2, 0.25) is 0 Å². The quantitative estimate of drug-likeness (QED) is 0.619. The highest BCUT2D eigenvalue weighted by atomic mass is 16.6. The van der Waals surface area contributed by atoms with Gasteiger partial charge in [-0.25, -0.2) is 0 Å². The van der Waals surface area contributed by atoms with Crippen LogP contribution in [-0.4, -0.2) is 17.4 Å². The van der Waals surface area contributed by atoms with Crippen molar-refractivity contribution >= 4 is 17.3 Å². The molecule has 2 rings (SSSR count). The summed E-state index contributed by atoms with van der Waals surface area (Å²) in [5.41, 5.74) is 2.04. The average molecular weight is 342 g/mol. The van der Waals surface area contributed by atoms with Crippen LogP contribution in [0.5, 0.6) is 5.75 Å². The summed E-state index contributed by atoms with van der Waals surface area (Å²) >= 11 is 0. The second-order valence-corrected chi connectivity index (χ2v) is 6.35. The summed E-state index contributed by atoms with van der Waals surface area (Å²) in [4.78, 5) is 23.3. The Balaban J connectivity index is 2.27. The molecule has 0 fully saturated rings. The number of ether oxygens (including phenoxy) is 1. The van der Waals surface area contributed by atoms with E-state index >= 15 is 0 Å². The minimum atomic E-state index is -0.496. The number of benzene rings is 2. The van der Waals surface area contributed by atoms with Gasteiger partial charge in [0.25, 0.3) is 11.6 Å². The van der Waals surface area contributed by atoms with Crippen LogP contribution in [-0.2, 0) is 0 Å². The van der Waals surface area contributed by atoms with Gasteiger partial charge in [0.15, 0.2) is 0 Å². The Hall–Kier alpha value is -2.89. The van der Waals surface area contributed by atoms with Crippen LogP contribution in [0.25, 0.3) is 0 Å². The Bertz CT molecular complexity index is 800. The molecule has 2 aromatic carbocycles. The van der Waals surface area contributed by atoms with Gasteiger partial charge < -0.3 is 10.1 Å². The Labute approximate surface area is 147 Å². The average Bonchev–Trinajstić information content (AvgIpc) is 2.57. The molecule has 1 N–H and O–H groups in total. The third-order valence-corrected chi connectivity index (χ3v) is 3.83. The molecule has 2 aromatic rings. The maximum Gasteiger partial charge on any atom is 0.293 e. The topological polar surface area (TPSA) is 81.5 Å². The van der Waals surface area contributed by atoms with E-state index in [4.69, 9.17) is 4.74 Å². The number of carbonyl (C=O) groups is 1. The molecule has 0 radical (unpaired) electrons. The zero-order valence-corrected chi connectivity index (χ0v) is 14.8. The first kappa shape index (κ1) is 18.4. The van der Waals surface area contributed by atoms with Crippen molar-refractivity contribution < 1.29 is 14.5 Å². The summed E-state index contributed by atoms with van der Waals surface area (Å²) < 4.78 is 5.63. The highest BCUT2D eigenvalue weighted by Crippen LogP contribution is 2.30. The van der Waals surface area contributed by atoms with Gasteiger partial charge in [-0.15, -0.1) is 0 Å². The predicted molar refractivity (Wildman–Crippen MR) is 97.3 cm³/mol. The van der Waals surface area contributed by atoms with Crippen LogP contribution in [0, 0.1) is 29.9 Å². The van der Waals surface area contributed by atoms with Gasteiger partial charge in [-0.05, 0) is 49.1 Å². The van der Waals surface area contributed by atoms with Gasteiger partial charge in [0.05, 0.1) is 11.5 Å². The Morgan fingerprint density at radius 2 is 1.96 bits per heavy atom. The number of hydrogen-bond acceptors (Lipinski definition) is 4. The van der Waals surface area contributed by atoms with E-state index in [2.05, 4.69) is 5.32 Å². The minimum absolute atomic E-state index is 0.122. The zero-order chi connectivity index (χ0) is 18.6. The number of nitrogens with one attached hydrogen (secondary N) is 1. The number of anilines is 1. The number of nitro groups is 1. The van der Waals surface area contributed by atoms with Crippen LogP contribution in [0.1, 0.15) is 35.3 Å². The van der Waals surface area contributed by atoms with Crippen molar-refractivity contribution in [3.05, 3.63) is 63.2 Å². The van der Waals surface area contributed by atoms with Crippen LogP contribution in [0.15, 0.2) is 36.4 Å². The predicted octanol–water partition coefficient (Wildman–Crippen LogP) is 4.50. The SMILES string of the molecule is Cc1ccc([N+](=O)[O-])c(NC(=O)c2cccc(OCC(C)C)c2)c1C. The van der Waals surface area contributed by atoms with Crippen molar-refractivity contribution in [1.29, 1.82) is 0 Å². The number of hydrogen-bond donors (Lipinski definition) is 1. The van der Waals surface area contributed by atoms with Crippen molar-refractivity contribution in [3.8, 4) is 5.75 Å². The summed E-state index contributed by atoms with van der Waals surface area (Å²) in [7, 11) is 0. The fourth-order valence-electron chi connectivity index (χ4n) is 2.29. The molecule has 0 heterocycles. The minimum Gasteiger partial charge on any atom is -0.493 e. The van der Waals surface area contributed by atoms with Gasteiger partial charge in [-0.1, -0.05) is 26.0 Å². The lowest BCUT2D eigenvalue weighted by Crippen LogP contribution is -2.15. The first-order chi connectivity index (χ1) is 11.8. The van der Waals surface area contributed by atoms with Crippen LogP contribution in [0.2, 0.25) is 0 Å². The second-order valence-electron chi connectivity index (χ2n) is 6.35. The summed E-state index contributed by atoms with van der Waals surface area (Å²) in [5.74, 6) is 0.554. The van der Waals surface area contributed by atoms with Gasteiger partial charge in [-0.3, -0.25) is 14.9 Å². The highest BCUT2D eigenvalue weighted by Gasteiger charge is 2.20. The molecule has 132 valence electrons. The molecule has 0 aliphatic rings. The lowest BCUT2D eigenvalue weighted by Gasteiger charge is -2.12. The van der Waals surface area contributed by atoms with Crippen molar-refractivity contribution in [2.45, 2.75) is 27.7 Å². The summed E-state index contributed by atoms with van der Waals surface area (Å²) in [6, 6.07) is 9.86. The van der Waals surface area contributed by atoms with Crippen molar-refractivity contribution in [2.24, 2.45) is 5.92 Å². The smallest absolute Gasteiger partial charge is 0.293 e. The van der Waals surface area contributed by atoms with E-state index in [0.29, 0.717) is 29.4 Å². The molecule has 6 nitrogen and oxygen atoms in total. The normalized spacial score (nSPS) is 10.6. The number of amides is 1. The summed E-state index contributed by atoms with van der Waals surface area (Å²) in [6.45, 7) is 8.22. The van der Waals surface area contributed by atoms with E-state index in [1.807, 2.05) is 20.8 Å². The molecule has 25 heavy (non-hydrogen) atoms. The largest absolute Gasteiger partial charge is 0.493 e. The molecular formula is C19H22N2O4. The maximum absolute atomic E-state index is 12.6. The molecule has 0 aromatic heterocycles. The van der Waals surface area contributed by atoms with Gasteiger partial charge in [0, 0.05) is 11.6 Å². The molecule has 0 spiro atoms. The molecule has 0 bridgehead atoms. The molecule has 0 saturated heterocycles. The molecule has 6 heteroatoms. The molecule has 0 unspecified atom stereocenters. The van der Waals surface area contributed by atoms with E-state index in [1.54, 1.807) is 37.3 Å². The number of rotatable bonds is 6. The highest BCUT2D eigenvalue weighted by molar-refractivity contribution is 6.06. The Morgan fingerprint density at radius 3 is 2.60 bits per heavy atom. The van der Waals surface area contributed by atoms with Crippen LogP contribution < -0.4 is 10.1 Å². The summed E-state index contributed by atoms with van der Waals surface area (Å²) in [5, 5.41) is 13.9. The molecular weight excluding hydrogens is 320 g/mol. The van der Waals surface area contributed by atoms with Gasteiger partial charge >= 0.3 is 0 Å². The van der Waals surface area contributed by atoms with E-state index in [9.17, 15) is 14.9 Å². The second kappa shape index (κ2) is 7.79.